The molecule has 0 aliphatic rings. The first-order valence-electron chi connectivity index (χ1n) is 6.88. The Bertz CT molecular complexity index is 476. The largest absolute Gasteiger partial charge is 0.478 e. The molecule has 1 atom stereocenters. The van der Waals surface area contributed by atoms with Gasteiger partial charge >= 0.3 is 5.97 Å². The molecule has 112 valence electrons. The molecule has 0 saturated carbocycles. The number of carboxylic acids is 1. The molecule has 0 saturated heterocycles. The highest BCUT2D eigenvalue weighted by molar-refractivity contribution is 5.88. The molecule has 0 fully saturated rings. The number of aryl methyl sites for hydroxylation is 1. The summed E-state index contributed by atoms with van der Waals surface area (Å²) in [7, 11) is 0. The van der Waals surface area contributed by atoms with Gasteiger partial charge < -0.3 is 14.8 Å². The molecular weight excluding hydrogens is 258 g/mol. The summed E-state index contributed by atoms with van der Waals surface area (Å²) in [6, 6.07) is 1.45. The van der Waals surface area contributed by atoms with Crippen molar-refractivity contribution < 1.29 is 19.1 Å². The van der Waals surface area contributed by atoms with Gasteiger partial charge in [0, 0.05) is 6.42 Å². The SMILES string of the molecule is Cc1oc(CNC(=O)CC(C)CC(C)C)cc1C(=O)O. The van der Waals surface area contributed by atoms with Crippen molar-refractivity contribution in [3.63, 3.8) is 0 Å². The Hall–Kier alpha value is -1.78. The lowest BCUT2D eigenvalue weighted by Gasteiger charge is -2.13. The van der Waals surface area contributed by atoms with E-state index in [2.05, 4.69) is 26.1 Å². The molecule has 1 unspecified atom stereocenters. The van der Waals surface area contributed by atoms with Gasteiger partial charge in [-0.25, -0.2) is 4.79 Å². The van der Waals surface area contributed by atoms with E-state index >= 15 is 0 Å². The number of nitrogens with one attached hydrogen (secondary N) is 1. The lowest BCUT2D eigenvalue weighted by atomic mass is 9.96. The zero-order chi connectivity index (χ0) is 15.3. The molecule has 0 aliphatic heterocycles. The molecule has 5 heteroatoms. The molecule has 1 amide bonds. The summed E-state index contributed by atoms with van der Waals surface area (Å²) in [4.78, 5) is 22.6. The Morgan fingerprint density at radius 2 is 2.00 bits per heavy atom. The van der Waals surface area contributed by atoms with Crippen LogP contribution in [0, 0.1) is 18.8 Å². The first-order chi connectivity index (χ1) is 9.29. The topological polar surface area (TPSA) is 79.5 Å². The minimum absolute atomic E-state index is 0.0379. The van der Waals surface area contributed by atoms with Crippen molar-refractivity contribution in [2.75, 3.05) is 0 Å². The fourth-order valence-corrected chi connectivity index (χ4v) is 2.31. The number of rotatable bonds is 7. The van der Waals surface area contributed by atoms with E-state index in [1.807, 2.05) is 0 Å². The monoisotopic (exact) mass is 281 g/mol. The van der Waals surface area contributed by atoms with Crippen LogP contribution in [0.25, 0.3) is 0 Å². The summed E-state index contributed by atoms with van der Waals surface area (Å²) in [5.41, 5.74) is 0.141. The van der Waals surface area contributed by atoms with E-state index in [1.54, 1.807) is 6.92 Å². The van der Waals surface area contributed by atoms with Crippen molar-refractivity contribution in [3.8, 4) is 0 Å². The first-order valence-corrected chi connectivity index (χ1v) is 6.88. The zero-order valence-corrected chi connectivity index (χ0v) is 12.5. The summed E-state index contributed by atoms with van der Waals surface area (Å²) in [6.45, 7) is 8.14. The van der Waals surface area contributed by atoms with Crippen LogP contribution in [-0.4, -0.2) is 17.0 Å². The molecule has 1 aromatic heterocycles. The van der Waals surface area contributed by atoms with Crippen molar-refractivity contribution in [3.05, 3.63) is 23.2 Å². The number of amides is 1. The lowest BCUT2D eigenvalue weighted by Crippen LogP contribution is -2.24. The number of furan rings is 1. The number of aromatic carboxylic acids is 1. The highest BCUT2D eigenvalue weighted by Gasteiger charge is 2.15. The molecular formula is C15H23NO4. The lowest BCUT2D eigenvalue weighted by molar-refractivity contribution is -0.122. The molecule has 20 heavy (non-hydrogen) atoms. The average Bonchev–Trinajstić information content (AvgIpc) is 2.66. The molecule has 5 nitrogen and oxygen atoms in total. The summed E-state index contributed by atoms with van der Waals surface area (Å²) in [6.07, 6.45) is 1.49. The second-order valence-corrected chi connectivity index (χ2v) is 5.70. The summed E-state index contributed by atoms with van der Waals surface area (Å²) < 4.78 is 5.30. The second kappa shape index (κ2) is 7.12. The molecule has 0 aliphatic carbocycles. The fraction of sp³-hybridized carbons (Fsp3) is 0.600. The Balaban J connectivity index is 2.45. The second-order valence-electron chi connectivity index (χ2n) is 5.70. The van der Waals surface area contributed by atoms with Crippen molar-refractivity contribution in [2.45, 2.75) is 47.1 Å². The molecule has 0 aromatic carbocycles. The van der Waals surface area contributed by atoms with E-state index in [-0.39, 0.29) is 18.0 Å². The van der Waals surface area contributed by atoms with E-state index in [9.17, 15) is 9.59 Å². The van der Waals surface area contributed by atoms with E-state index in [4.69, 9.17) is 9.52 Å². The van der Waals surface area contributed by atoms with Gasteiger partial charge in [0.1, 0.15) is 17.1 Å². The summed E-state index contributed by atoms with van der Waals surface area (Å²) in [5, 5.41) is 11.7. The normalized spacial score (nSPS) is 12.4. The molecule has 1 rings (SSSR count). The first kappa shape index (κ1) is 16.3. The maximum Gasteiger partial charge on any atom is 0.339 e. The number of hydrogen-bond donors (Lipinski definition) is 2. The van der Waals surface area contributed by atoms with Gasteiger partial charge in [-0.3, -0.25) is 4.79 Å². The molecule has 1 aromatic rings. The standard InChI is InChI=1S/C15H23NO4/c1-9(2)5-10(3)6-14(17)16-8-12-7-13(15(18)19)11(4)20-12/h7,9-10H,5-6,8H2,1-4H3,(H,16,17)(H,18,19). The average molecular weight is 281 g/mol. The van der Waals surface area contributed by atoms with Gasteiger partial charge in [-0.05, 0) is 31.2 Å². The van der Waals surface area contributed by atoms with Crippen LogP contribution in [0.5, 0.6) is 0 Å². The van der Waals surface area contributed by atoms with Gasteiger partial charge in [-0.2, -0.15) is 0 Å². The van der Waals surface area contributed by atoms with Gasteiger partial charge in [0.2, 0.25) is 5.91 Å². The molecule has 1 heterocycles. The van der Waals surface area contributed by atoms with Crippen LogP contribution in [0.2, 0.25) is 0 Å². The highest BCUT2D eigenvalue weighted by atomic mass is 16.4. The minimum atomic E-state index is -1.02. The van der Waals surface area contributed by atoms with Gasteiger partial charge in [-0.15, -0.1) is 0 Å². The van der Waals surface area contributed by atoms with Gasteiger partial charge in [0.05, 0.1) is 6.54 Å². The van der Waals surface area contributed by atoms with Crippen molar-refractivity contribution in [2.24, 2.45) is 11.8 Å². The highest BCUT2D eigenvalue weighted by Crippen LogP contribution is 2.16. The van der Waals surface area contributed by atoms with Crippen LogP contribution in [0.15, 0.2) is 10.5 Å². The van der Waals surface area contributed by atoms with E-state index in [0.29, 0.717) is 29.8 Å². The van der Waals surface area contributed by atoms with Crippen molar-refractivity contribution in [1.29, 1.82) is 0 Å². The van der Waals surface area contributed by atoms with Gasteiger partial charge in [0.15, 0.2) is 0 Å². The third-order valence-corrected chi connectivity index (χ3v) is 3.07. The number of carbonyl (C=O) groups is 2. The van der Waals surface area contributed by atoms with Crippen molar-refractivity contribution >= 4 is 11.9 Å². The van der Waals surface area contributed by atoms with E-state index in [0.717, 1.165) is 6.42 Å². The van der Waals surface area contributed by atoms with Gasteiger partial charge in [-0.1, -0.05) is 20.8 Å². The Morgan fingerprint density at radius 1 is 1.35 bits per heavy atom. The molecule has 0 radical (unpaired) electrons. The number of carbonyl (C=O) groups excluding carboxylic acids is 1. The Kier molecular flexibility index (Phi) is 5.80. The number of hydrogen-bond acceptors (Lipinski definition) is 3. The third kappa shape index (κ3) is 5.07. The van der Waals surface area contributed by atoms with Crippen LogP contribution < -0.4 is 5.32 Å². The maximum absolute atomic E-state index is 11.8. The van der Waals surface area contributed by atoms with E-state index < -0.39 is 5.97 Å². The summed E-state index contributed by atoms with van der Waals surface area (Å²) >= 11 is 0. The van der Waals surface area contributed by atoms with E-state index in [1.165, 1.54) is 6.07 Å². The third-order valence-electron chi connectivity index (χ3n) is 3.07. The number of carboxylic acid groups (broad SMARTS) is 1. The van der Waals surface area contributed by atoms with Crippen LogP contribution >= 0.6 is 0 Å². The quantitative estimate of drug-likeness (QED) is 0.805. The predicted octanol–water partition coefficient (Wildman–Crippen LogP) is 2.97. The molecule has 0 bridgehead atoms. The van der Waals surface area contributed by atoms with Crippen molar-refractivity contribution in [1.82, 2.24) is 5.32 Å². The van der Waals surface area contributed by atoms with Crippen LogP contribution in [0.3, 0.4) is 0 Å². The predicted molar refractivity (Wildman–Crippen MR) is 75.5 cm³/mol. The Labute approximate surface area is 119 Å². The smallest absolute Gasteiger partial charge is 0.339 e. The van der Waals surface area contributed by atoms with Crippen LogP contribution in [-0.2, 0) is 11.3 Å². The molecule has 2 N–H and O–H groups in total. The molecule has 0 spiro atoms. The fourth-order valence-electron chi connectivity index (χ4n) is 2.31. The van der Waals surface area contributed by atoms with Crippen LogP contribution in [0.4, 0.5) is 0 Å². The minimum Gasteiger partial charge on any atom is -0.478 e. The summed E-state index contributed by atoms with van der Waals surface area (Å²) in [5.74, 6) is 0.671. The van der Waals surface area contributed by atoms with Crippen LogP contribution in [0.1, 0.15) is 55.5 Å². The zero-order valence-electron chi connectivity index (χ0n) is 12.5. The van der Waals surface area contributed by atoms with Gasteiger partial charge in [0.25, 0.3) is 0 Å². The maximum atomic E-state index is 11.8. The Morgan fingerprint density at radius 3 is 2.50 bits per heavy atom.